The normalized spacial score (nSPS) is 14.6. The van der Waals surface area contributed by atoms with Gasteiger partial charge in [0.2, 0.25) is 0 Å². The zero-order chi connectivity index (χ0) is 15.2. The highest BCUT2D eigenvalue weighted by molar-refractivity contribution is 5.94. The van der Waals surface area contributed by atoms with Crippen LogP contribution in [0, 0.1) is 5.92 Å². The Kier molecular flexibility index (Phi) is 5.59. The van der Waals surface area contributed by atoms with E-state index in [0.717, 1.165) is 43.0 Å². The number of aromatic nitrogens is 1. The van der Waals surface area contributed by atoms with Crippen LogP contribution in [-0.2, 0) is 6.42 Å². The highest BCUT2D eigenvalue weighted by atomic mass is 16.2. The van der Waals surface area contributed by atoms with E-state index in [1.54, 1.807) is 0 Å². The molecule has 1 aliphatic carbocycles. The number of amides is 1. The summed E-state index contributed by atoms with van der Waals surface area (Å²) < 4.78 is 0. The van der Waals surface area contributed by atoms with Gasteiger partial charge in [0.15, 0.2) is 0 Å². The SMILES string of the molecule is CCCNc1cc(C(=O)N(C)CC2CCC2)cc(CC)n1. The summed E-state index contributed by atoms with van der Waals surface area (Å²) in [6.07, 6.45) is 5.72. The van der Waals surface area contributed by atoms with Crippen LogP contribution in [0.15, 0.2) is 12.1 Å². The highest BCUT2D eigenvalue weighted by Gasteiger charge is 2.22. The van der Waals surface area contributed by atoms with Crippen LogP contribution in [0.5, 0.6) is 0 Å². The van der Waals surface area contributed by atoms with Crippen molar-refractivity contribution in [2.45, 2.75) is 46.0 Å². The molecular weight excluding hydrogens is 262 g/mol. The smallest absolute Gasteiger partial charge is 0.253 e. The number of pyridine rings is 1. The maximum atomic E-state index is 12.6. The van der Waals surface area contributed by atoms with Gasteiger partial charge in [0, 0.05) is 31.4 Å². The van der Waals surface area contributed by atoms with Crippen LogP contribution >= 0.6 is 0 Å². The van der Waals surface area contributed by atoms with E-state index in [9.17, 15) is 4.79 Å². The Morgan fingerprint density at radius 3 is 2.71 bits per heavy atom. The van der Waals surface area contributed by atoms with Crippen molar-refractivity contribution in [3.8, 4) is 0 Å². The van der Waals surface area contributed by atoms with Crippen molar-refractivity contribution in [2.24, 2.45) is 5.92 Å². The molecule has 21 heavy (non-hydrogen) atoms. The number of anilines is 1. The Morgan fingerprint density at radius 1 is 1.38 bits per heavy atom. The average molecular weight is 289 g/mol. The van der Waals surface area contributed by atoms with Crippen molar-refractivity contribution in [1.82, 2.24) is 9.88 Å². The van der Waals surface area contributed by atoms with E-state index in [0.29, 0.717) is 5.92 Å². The molecule has 0 aliphatic heterocycles. The second-order valence-corrected chi connectivity index (χ2v) is 6.00. The summed E-state index contributed by atoms with van der Waals surface area (Å²) in [4.78, 5) is 19.0. The maximum absolute atomic E-state index is 12.6. The van der Waals surface area contributed by atoms with Crippen LogP contribution < -0.4 is 5.32 Å². The van der Waals surface area contributed by atoms with Gasteiger partial charge in [-0.15, -0.1) is 0 Å². The largest absolute Gasteiger partial charge is 0.370 e. The van der Waals surface area contributed by atoms with Crippen molar-refractivity contribution in [3.63, 3.8) is 0 Å². The van der Waals surface area contributed by atoms with Gasteiger partial charge in [-0.3, -0.25) is 4.79 Å². The standard InChI is InChI=1S/C17H27N3O/c1-4-9-18-16-11-14(10-15(5-2)19-16)17(21)20(3)12-13-7-6-8-13/h10-11,13H,4-9,12H2,1-3H3,(H,18,19). The van der Waals surface area contributed by atoms with Crippen molar-refractivity contribution < 1.29 is 4.79 Å². The number of aryl methyl sites for hydroxylation is 1. The molecule has 0 saturated heterocycles. The molecule has 1 aromatic heterocycles. The van der Waals surface area contributed by atoms with Gasteiger partial charge in [-0.05, 0) is 43.7 Å². The predicted molar refractivity (Wildman–Crippen MR) is 86.7 cm³/mol. The molecule has 1 heterocycles. The van der Waals surface area contributed by atoms with Crippen molar-refractivity contribution in [3.05, 3.63) is 23.4 Å². The molecule has 1 aromatic rings. The number of nitrogens with one attached hydrogen (secondary N) is 1. The first-order valence-electron chi connectivity index (χ1n) is 8.14. The van der Waals surface area contributed by atoms with Crippen LogP contribution in [0.3, 0.4) is 0 Å². The Hall–Kier alpha value is -1.58. The van der Waals surface area contributed by atoms with Gasteiger partial charge in [-0.25, -0.2) is 4.98 Å². The molecule has 116 valence electrons. The van der Waals surface area contributed by atoms with E-state index in [-0.39, 0.29) is 5.91 Å². The van der Waals surface area contributed by atoms with Crippen molar-refractivity contribution in [1.29, 1.82) is 0 Å². The molecule has 0 spiro atoms. The molecule has 1 saturated carbocycles. The zero-order valence-corrected chi connectivity index (χ0v) is 13.5. The van der Waals surface area contributed by atoms with Crippen LogP contribution in [0.1, 0.15) is 55.6 Å². The predicted octanol–water partition coefficient (Wildman–Crippen LogP) is 3.34. The first kappa shape index (κ1) is 15.8. The number of hydrogen-bond donors (Lipinski definition) is 1. The summed E-state index contributed by atoms with van der Waals surface area (Å²) in [5.41, 5.74) is 1.72. The molecule has 1 amide bonds. The second-order valence-electron chi connectivity index (χ2n) is 6.00. The Bertz CT molecular complexity index is 483. The highest BCUT2D eigenvalue weighted by Crippen LogP contribution is 2.27. The minimum absolute atomic E-state index is 0.110. The fourth-order valence-corrected chi connectivity index (χ4v) is 2.60. The van der Waals surface area contributed by atoms with E-state index in [4.69, 9.17) is 0 Å². The summed E-state index contributed by atoms with van der Waals surface area (Å²) in [7, 11) is 1.91. The number of hydrogen-bond acceptors (Lipinski definition) is 3. The van der Waals surface area contributed by atoms with E-state index >= 15 is 0 Å². The molecule has 0 unspecified atom stereocenters. The van der Waals surface area contributed by atoms with Gasteiger partial charge in [0.1, 0.15) is 5.82 Å². The molecule has 4 nitrogen and oxygen atoms in total. The van der Waals surface area contributed by atoms with Crippen LogP contribution in [0.25, 0.3) is 0 Å². The van der Waals surface area contributed by atoms with Gasteiger partial charge in [0.25, 0.3) is 5.91 Å². The molecule has 2 rings (SSSR count). The lowest BCUT2D eigenvalue weighted by Crippen LogP contribution is -2.34. The Morgan fingerprint density at radius 2 is 2.14 bits per heavy atom. The molecule has 0 bridgehead atoms. The lowest BCUT2D eigenvalue weighted by atomic mass is 9.85. The summed E-state index contributed by atoms with van der Waals surface area (Å²) in [5, 5.41) is 3.28. The second kappa shape index (κ2) is 7.43. The minimum atomic E-state index is 0.110. The summed E-state index contributed by atoms with van der Waals surface area (Å²) in [5.74, 6) is 1.62. The van der Waals surface area contributed by atoms with Crippen molar-refractivity contribution >= 4 is 11.7 Å². The molecule has 1 aliphatic rings. The molecule has 0 atom stereocenters. The Labute approximate surface area is 127 Å². The first-order chi connectivity index (χ1) is 10.1. The molecule has 4 heteroatoms. The van der Waals surface area contributed by atoms with Gasteiger partial charge < -0.3 is 10.2 Å². The maximum Gasteiger partial charge on any atom is 0.253 e. The van der Waals surface area contributed by atoms with Crippen LogP contribution in [0.4, 0.5) is 5.82 Å². The average Bonchev–Trinajstić information content (AvgIpc) is 2.47. The quantitative estimate of drug-likeness (QED) is 0.837. The monoisotopic (exact) mass is 289 g/mol. The van der Waals surface area contributed by atoms with E-state index in [1.165, 1.54) is 19.3 Å². The number of carbonyl (C=O) groups is 1. The lowest BCUT2D eigenvalue weighted by Gasteiger charge is -2.30. The third-order valence-corrected chi connectivity index (χ3v) is 4.15. The molecule has 1 N–H and O–H groups in total. The number of carbonyl (C=O) groups excluding carboxylic acids is 1. The van der Waals surface area contributed by atoms with Gasteiger partial charge in [0.05, 0.1) is 0 Å². The lowest BCUT2D eigenvalue weighted by molar-refractivity contribution is 0.0745. The third-order valence-electron chi connectivity index (χ3n) is 4.15. The van der Waals surface area contributed by atoms with Gasteiger partial charge in [-0.1, -0.05) is 20.3 Å². The van der Waals surface area contributed by atoms with E-state index < -0.39 is 0 Å². The van der Waals surface area contributed by atoms with Crippen molar-refractivity contribution in [2.75, 3.05) is 25.5 Å². The number of nitrogens with zero attached hydrogens (tertiary/aromatic N) is 2. The molecule has 0 aromatic carbocycles. The van der Waals surface area contributed by atoms with Crippen LogP contribution in [-0.4, -0.2) is 35.9 Å². The summed E-state index contributed by atoms with van der Waals surface area (Å²) in [6.45, 7) is 5.94. The molecule has 1 fully saturated rings. The third kappa shape index (κ3) is 4.19. The van der Waals surface area contributed by atoms with E-state index in [2.05, 4.69) is 24.1 Å². The number of rotatable bonds is 7. The first-order valence-corrected chi connectivity index (χ1v) is 8.14. The summed E-state index contributed by atoms with van der Waals surface area (Å²) >= 11 is 0. The van der Waals surface area contributed by atoms with E-state index in [1.807, 2.05) is 24.1 Å². The fraction of sp³-hybridized carbons (Fsp3) is 0.647. The Balaban J connectivity index is 2.10. The molecular formula is C17H27N3O. The minimum Gasteiger partial charge on any atom is -0.370 e. The summed E-state index contributed by atoms with van der Waals surface area (Å²) in [6, 6.07) is 3.81. The van der Waals surface area contributed by atoms with Gasteiger partial charge >= 0.3 is 0 Å². The zero-order valence-electron chi connectivity index (χ0n) is 13.5. The molecule has 0 radical (unpaired) electrons. The fourth-order valence-electron chi connectivity index (χ4n) is 2.60. The van der Waals surface area contributed by atoms with Gasteiger partial charge in [-0.2, -0.15) is 0 Å². The topological polar surface area (TPSA) is 45.2 Å². The van der Waals surface area contributed by atoms with Crippen LogP contribution in [0.2, 0.25) is 0 Å².